The van der Waals surface area contributed by atoms with Crippen molar-refractivity contribution in [1.82, 2.24) is 20.4 Å². The van der Waals surface area contributed by atoms with Crippen LogP contribution in [0, 0.1) is 0 Å². The Kier molecular flexibility index (Phi) is 30.2. The van der Waals surface area contributed by atoms with E-state index in [1.165, 1.54) is 125 Å². The summed E-state index contributed by atoms with van der Waals surface area (Å²) in [7, 11) is 0. The van der Waals surface area contributed by atoms with Gasteiger partial charge in [-0.15, -0.1) is 0 Å². The van der Waals surface area contributed by atoms with Gasteiger partial charge in [0.05, 0.1) is 0 Å². The van der Waals surface area contributed by atoms with E-state index >= 15 is 0 Å². The van der Waals surface area contributed by atoms with Gasteiger partial charge in [0.15, 0.2) is 0 Å². The topological polar surface area (TPSA) is 203 Å². The van der Waals surface area contributed by atoms with Crippen molar-refractivity contribution in [3.8, 4) is 17.2 Å². The number of carboxylic acid groups (broad SMARTS) is 2. The molecule has 0 aliphatic carbocycles. The molecular formula is C64H84N4O10. The molecule has 0 bridgehead atoms. The number of nitrogens with one attached hydrogen (secondary N) is 2. The smallest absolute Gasteiger partial charge is 0.394 e. The Morgan fingerprint density at radius 3 is 1.13 bits per heavy atom. The summed E-state index contributed by atoms with van der Waals surface area (Å²) in [6.07, 6.45) is 24.7. The third-order valence-corrected chi connectivity index (χ3v) is 13.3. The van der Waals surface area contributed by atoms with Gasteiger partial charge in [-0.1, -0.05) is 196 Å². The molecule has 78 heavy (non-hydrogen) atoms. The molecule has 0 unspecified atom stereocenters. The van der Waals surface area contributed by atoms with Crippen molar-refractivity contribution in [1.29, 1.82) is 0 Å². The highest BCUT2D eigenvalue weighted by molar-refractivity contribution is 6.31. The second-order valence-corrected chi connectivity index (χ2v) is 19.9. The lowest BCUT2D eigenvalue weighted by Crippen LogP contribution is -2.35. The van der Waals surface area contributed by atoms with E-state index in [1.807, 2.05) is 30.3 Å². The van der Waals surface area contributed by atoms with Gasteiger partial charge in [-0.2, -0.15) is 0 Å². The Labute approximate surface area is 462 Å². The number of hydrogen-bond acceptors (Lipinski definition) is 8. The molecule has 0 radical (unpaired) electrons. The van der Waals surface area contributed by atoms with Crippen molar-refractivity contribution in [3.05, 3.63) is 161 Å². The molecule has 0 aliphatic heterocycles. The summed E-state index contributed by atoms with van der Waals surface area (Å²) in [6, 6.07) is 36.7. The summed E-state index contributed by atoms with van der Waals surface area (Å²) in [4.78, 5) is 75.5. The standard InChI is InChI=1S/C35H44N2O5.C29H40N2O5/c1-2-3-4-5-6-7-8-9-10-14-24-36-33(38)30-17-15-16-29(25-30)27-37(34(39)35(40)41)26-28-20-22-32(23-21-28)42-31-18-12-11-13-19-31;1-2-3-4-5-6-7-8-9-10-11-19-30-27(33)25-14-12-13-24(20-25)22-31(28(34)29(35)36)21-23-15-17-26(32)18-16-23/h11-13,15-23,25H,2-10,14,24,26-27H2,1H3,(H,36,38)(H,40,41);12-18,20,32H,2-11,19,21-22H2,1H3,(H,30,33)(H,35,36). The number of aromatic hydroxyl groups is 1. The average molecular weight is 1070 g/mol. The Hall–Kier alpha value is -7.48. The summed E-state index contributed by atoms with van der Waals surface area (Å²) < 4.78 is 5.81. The van der Waals surface area contributed by atoms with Crippen molar-refractivity contribution in [2.75, 3.05) is 13.1 Å². The van der Waals surface area contributed by atoms with Crippen LogP contribution in [0.25, 0.3) is 0 Å². The van der Waals surface area contributed by atoms with Gasteiger partial charge in [-0.3, -0.25) is 19.2 Å². The molecule has 0 fully saturated rings. The van der Waals surface area contributed by atoms with Crippen LogP contribution in [0.4, 0.5) is 0 Å². The number of ether oxygens (including phenoxy) is 1. The second kappa shape index (κ2) is 37.3. The number of benzene rings is 5. The summed E-state index contributed by atoms with van der Waals surface area (Å²) in [6.45, 7) is 5.98. The van der Waals surface area contributed by atoms with Crippen LogP contribution in [0.3, 0.4) is 0 Å². The van der Waals surface area contributed by atoms with E-state index < -0.39 is 23.8 Å². The van der Waals surface area contributed by atoms with Crippen LogP contribution in [-0.2, 0) is 45.4 Å². The number of aliphatic carboxylic acids is 2. The minimum absolute atomic E-state index is 0.0472. The number of phenols is 1. The van der Waals surface area contributed by atoms with Gasteiger partial charge in [0.2, 0.25) is 0 Å². The molecule has 14 nitrogen and oxygen atoms in total. The number of rotatable bonds is 34. The average Bonchev–Trinajstić information content (AvgIpc) is 3.45. The quantitative estimate of drug-likeness (QED) is 0.0195. The molecule has 5 rings (SSSR count). The van der Waals surface area contributed by atoms with Crippen molar-refractivity contribution in [2.45, 2.75) is 168 Å². The Morgan fingerprint density at radius 2 is 0.744 bits per heavy atom. The van der Waals surface area contributed by atoms with Crippen LogP contribution in [-0.4, -0.2) is 73.8 Å². The Balaban J connectivity index is 0.000000341. The normalized spacial score (nSPS) is 10.7. The zero-order valence-electron chi connectivity index (χ0n) is 46.1. The van der Waals surface area contributed by atoms with Gasteiger partial charge in [-0.05, 0) is 95.8 Å². The van der Waals surface area contributed by atoms with Gasteiger partial charge in [0.1, 0.15) is 17.2 Å². The highest BCUT2D eigenvalue weighted by Gasteiger charge is 2.23. The number of phenolic OH excluding ortho intramolecular Hbond substituents is 1. The minimum atomic E-state index is -1.54. The lowest BCUT2D eigenvalue weighted by atomic mass is 10.1. The van der Waals surface area contributed by atoms with E-state index in [1.54, 1.807) is 84.9 Å². The minimum Gasteiger partial charge on any atom is -0.508 e. The van der Waals surface area contributed by atoms with E-state index in [0.717, 1.165) is 31.2 Å². The molecule has 14 heteroatoms. The van der Waals surface area contributed by atoms with Crippen LogP contribution in [0.15, 0.2) is 127 Å². The number of carbonyl (C=O) groups excluding carboxylic acids is 4. The summed E-state index contributed by atoms with van der Waals surface area (Å²) in [5.74, 6) is -4.01. The van der Waals surface area contributed by atoms with Crippen LogP contribution in [0.2, 0.25) is 0 Å². The van der Waals surface area contributed by atoms with Crippen molar-refractivity contribution in [2.24, 2.45) is 0 Å². The fraction of sp³-hybridized carbons (Fsp3) is 0.438. The van der Waals surface area contributed by atoms with E-state index in [2.05, 4.69) is 24.5 Å². The predicted molar refractivity (Wildman–Crippen MR) is 306 cm³/mol. The molecule has 0 aromatic heterocycles. The summed E-state index contributed by atoms with van der Waals surface area (Å²) >= 11 is 0. The molecule has 4 amide bonds. The fourth-order valence-electron chi connectivity index (χ4n) is 8.89. The van der Waals surface area contributed by atoms with Gasteiger partial charge in [0, 0.05) is 50.4 Å². The molecule has 5 aromatic carbocycles. The number of carbonyl (C=O) groups is 6. The van der Waals surface area contributed by atoms with Gasteiger partial charge >= 0.3 is 23.8 Å². The van der Waals surface area contributed by atoms with Gasteiger partial charge in [0.25, 0.3) is 11.8 Å². The molecule has 0 saturated carbocycles. The highest BCUT2D eigenvalue weighted by atomic mass is 16.5. The van der Waals surface area contributed by atoms with E-state index in [0.29, 0.717) is 52.4 Å². The first kappa shape index (κ1) is 63.1. The van der Waals surface area contributed by atoms with Gasteiger partial charge in [-0.25, -0.2) is 9.59 Å². The monoisotopic (exact) mass is 1070 g/mol. The predicted octanol–water partition coefficient (Wildman–Crippen LogP) is 13.4. The summed E-state index contributed by atoms with van der Waals surface area (Å²) in [5, 5.41) is 34.0. The van der Waals surface area contributed by atoms with Gasteiger partial charge < -0.3 is 40.5 Å². The lowest BCUT2D eigenvalue weighted by Gasteiger charge is -2.21. The first-order valence-corrected chi connectivity index (χ1v) is 28.2. The largest absolute Gasteiger partial charge is 0.508 e. The molecule has 0 atom stereocenters. The Bertz CT molecular complexity index is 2550. The molecule has 0 spiro atoms. The number of nitrogens with zero attached hydrogens (tertiary/aromatic N) is 2. The van der Waals surface area contributed by atoms with Crippen LogP contribution < -0.4 is 15.4 Å². The van der Waals surface area contributed by atoms with Crippen LogP contribution >= 0.6 is 0 Å². The van der Waals surface area contributed by atoms with E-state index in [-0.39, 0.29) is 43.7 Å². The zero-order chi connectivity index (χ0) is 56.2. The second-order valence-electron chi connectivity index (χ2n) is 19.9. The molecule has 5 aromatic rings. The molecular weight excluding hydrogens is 985 g/mol. The van der Waals surface area contributed by atoms with Crippen molar-refractivity contribution in [3.63, 3.8) is 0 Å². The maximum absolute atomic E-state index is 12.7. The van der Waals surface area contributed by atoms with E-state index in [4.69, 9.17) is 4.74 Å². The van der Waals surface area contributed by atoms with Crippen LogP contribution in [0.1, 0.15) is 185 Å². The first-order chi connectivity index (χ1) is 37.9. The number of hydrogen-bond donors (Lipinski definition) is 5. The van der Waals surface area contributed by atoms with E-state index in [9.17, 15) is 44.1 Å². The number of para-hydroxylation sites is 1. The van der Waals surface area contributed by atoms with Crippen molar-refractivity contribution < 1.29 is 48.8 Å². The van der Waals surface area contributed by atoms with Crippen molar-refractivity contribution >= 4 is 35.6 Å². The third kappa shape index (κ3) is 25.6. The molecule has 420 valence electrons. The SMILES string of the molecule is CCCCCCCCCCCCNC(=O)c1cccc(CN(Cc2ccc(O)cc2)C(=O)C(=O)O)c1.CCCCCCCCCCCCNC(=O)c1cccc(CN(Cc2ccc(Oc3ccccc3)cc2)C(=O)C(=O)O)c1. The third-order valence-electron chi connectivity index (χ3n) is 13.3. The molecule has 5 N–H and O–H groups in total. The maximum atomic E-state index is 12.7. The maximum Gasteiger partial charge on any atom is 0.394 e. The fourth-order valence-corrected chi connectivity index (χ4v) is 8.89. The summed E-state index contributed by atoms with van der Waals surface area (Å²) in [5.41, 5.74) is 3.76. The number of amides is 4. The highest BCUT2D eigenvalue weighted by Crippen LogP contribution is 2.23. The zero-order valence-corrected chi connectivity index (χ0v) is 46.1. The molecule has 0 aliphatic rings. The Morgan fingerprint density at radius 1 is 0.397 bits per heavy atom. The van der Waals surface area contributed by atoms with Crippen LogP contribution in [0.5, 0.6) is 17.2 Å². The molecule has 0 heterocycles. The number of carboxylic acids is 2. The lowest BCUT2D eigenvalue weighted by molar-refractivity contribution is -0.156. The first-order valence-electron chi connectivity index (χ1n) is 28.2. The number of unbranched alkanes of at least 4 members (excludes halogenated alkanes) is 18. The molecule has 0 saturated heterocycles.